The molecule has 1 amide bonds. The lowest BCUT2D eigenvalue weighted by atomic mass is 10.2. The topological polar surface area (TPSA) is 71.2 Å². The third kappa shape index (κ3) is 4.18. The normalized spacial score (nSPS) is 11.8. The number of hydrogen-bond donors (Lipinski definition) is 2. The highest BCUT2D eigenvalue weighted by atomic mass is 19.1. The highest BCUT2D eigenvalue weighted by Gasteiger charge is 2.13. The molecule has 0 fully saturated rings. The Labute approximate surface area is 127 Å². The van der Waals surface area contributed by atoms with Gasteiger partial charge in [-0.2, -0.15) is 0 Å². The van der Waals surface area contributed by atoms with Crippen molar-refractivity contribution in [2.45, 2.75) is 19.9 Å². The van der Waals surface area contributed by atoms with Gasteiger partial charge < -0.3 is 15.0 Å². The Kier molecular flexibility index (Phi) is 4.93. The van der Waals surface area contributed by atoms with Gasteiger partial charge in [-0.05, 0) is 50.2 Å². The number of carbonyl (C=O) groups is 1. The first kappa shape index (κ1) is 15.8. The monoisotopic (exact) mass is 304 g/mol. The van der Waals surface area contributed by atoms with E-state index in [2.05, 4.69) is 10.3 Å². The van der Waals surface area contributed by atoms with Gasteiger partial charge in [-0.1, -0.05) is 0 Å². The second kappa shape index (κ2) is 6.89. The molecule has 2 rings (SSSR count). The quantitative estimate of drug-likeness (QED) is 0.888. The Morgan fingerprint density at radius 1 is 1.27 bits per heavy atom. The molecule has 0 spiro atoms. The fourth-order valence-electron chi connectivity index (χ4n) is 1.85. The molecular weight excluding hydrogens is 287 g/mol. The van der Waals surface area contributed by atoms with E-state index in [4.69, 9.17) is 4.74 Å². The Hall–Kier alpha value is -2.63. The SMILES string of the molecule is Cc1ccc(C(=O)NC(C)COc2ccc(F)cc2)c(=O)[nH]1. The van der Waals surface area contributed by atoms with E-state index in [1.165, 1.54) is 30.3 Å². The average Bonchev–Trinajstić information content (AvgIpc) is 2.46. The van der Waals surface area contributed by atoms with Gasteiger partial charge >= 0.3 is 0 Å². The van der Waals surface area contributed by atoms with Crippen LogP contribution in [0.1, 0.15) is 23.0 Å². The molecule has 0 aliphatic rings. The fraction of sp³-hybridized carbons (Fsp3) is 0.250. The van der Waals surface area contributed by atoms with Crippen molar-refractivity contribution in [3.05, 3.63) is 63.8 Å². The van der Waals surface area contributed by atoms with Crippen LogP contribution >= 0.6 is 0 Å². The Balaban J connectivity index is 1.91. The molecule has 1 aromatic heterocycles. The number of aromatic amines is 1. The van der Waals surface area contributed by atoms with Gasteiger partial charge in [-0.3, -0.25) is 9.59 Å². The summed E-state index contributed by atoms with van der Waals surface area (Å²) < 4.78 is 18.2. The minimum Gasteiger partial charge on any atom is -0.491 e. The van der Waals surface area contributed by atoms with Crippen molar-refractivity contribution in [3.63, 3.8) is 0 Å². The Bertz CT molecular complexity index is 710. The van der Waals surface area contributed by atoms with E-state index in [-0.39, 0.29) is 24.0 Å². The van der Waals surface area contributed by atoms with Crippen LogP contribution in [0.3, 0.4) is 0 Å². The minimum atomic E-state index is -0.462. The number of aryl methyl sites for hydroxylation is 1. The van der Waals surface area contributed by atoms with Crippen molar-refractivity contribution in [2.24, 2.45) is 0 Å². The molecule has 0 aliphatic carbocycles. The number of carbonyl (C=O) groups excluding carboxylic acids is 1. The van der Waals surface area contributed by atoms with Gasteiger partial charge in [-0.25, -0.2) is 4.39 Å². The van der Waals surface area contributed by atoms with Gasteiger partial charge in [0, 0.05) is 5.69 Å². The number of benzene rings is 1. The zero-order valence-corrected chi connectivity index (χ0v) is 12.4. The third-order valence-electron chi connectivity index (χ3n) is 2.99. The predicted octanol–water partition coefficient (Wildman–Crippen LogP) is 2.02. The van der Waals surface area contributed by atoms with E-state index < -0.39 is 11.5 Å². The molecule has 5 nitrogen and oxygen atoms in total. The number of hydrogen-bond acceptors (Lipinski definition) is 3. The van der Waals surface area contributed by atoms with E-state index in [9.17, 15) is 14.0 Å². The van der Waals surface area contributed by atoms with Crippen LogP contribution in [-0.2, 0) is 0 Å². The summed E-state index contributed by atoms with van der Waals surface area (Å²) in [6.45, 7) is 3.70. The zero-order chi connectivity index (χ0) is 16.1. The number of pyridine rings is 1. The molecule has 2 aromatic rings. The van der Waals surface area contributed by atoms with Crippen LogP contribution < -0.4 is 15.6 Å². The maximum atomic E-state index is 12.8. The lowest BCUT2D eigenvalue weighted by molar-refractivity contribution is 0.0925. The molecular formula is C16H17FN2O3. The number of H-pyrrole nitrogens is 1. The van der Waals surface area contributed by atoms with E-state index in [0.29, 0.717) is 11.4 Å². The summed E-state index contributed by atoms with van der Waals surface area (Å²) in [4.78, 5) is 26.3. The number of halogens is 1. The van der Waals surface area contributed by atoms with E-state index in [1.807, 2.05) is 0 Å². The lowest BCUT2D eigenvalue weighted by Gasteiger charge is -2.15. The van der Waals surface area contributed by atoms with E-state index in [0.717, 1.165) is 0 Å². The zero-order valence-electron chi connectivity index (χ0n) is 12.4. The molecule has 116 valence electrons. The highest BCUT2D eigenvalue weighted by Crippen LogP contribution is 2.11. The number of rotatable bonds is 5. The first-order valence-corrected chi connectivity index (χ1v) is 6.85. The van der Waals surface area contributed by atoms with Crippen molar-refractivity contribution >= 4 is 5.91 Å². The first-order chi connectivity index (χ1) is 10.5. The van der Waals surface area contributed by atoms with Crippen molar-refractivity contribution in [3.8, 4) is 5.75 Å². The van der Waals surface area contributed by atoms with Crippen molar-refractivity contribution < 1.29 is 13.9 Å². The van der Waals surface area contributed by atoms with Gasteiger partial charge in [0.25, 0.3) is 11.5 Å². The summed E-state index contributed by atoms with van der Waals surface area (Å²) in [5, 5.41) is 2.68. The van der Waals surface area contributed by atoms with Crippen LogP contribution in [0.2, 0.25) is 0 Å². The largest absolute Gasteiger partial charge is 0.491 e. The standard InChI is InChI=1S/C16H17FN2O3/c1-10-3-8-14(15(20)18-10)16(21)19-11(2)9-22-13-6-4-12(17)5-7-13/h3-8,11H,9H2,1-2H3,(H,18,20)(H,19,21). The van der Waals surface area contributed by atoms with Crippen LogP contribution in [0.15, 0.2) is 41.2 Å². The van der Waals surface area contributed by atoms with Crippen LogP contribution in [0, 0.1) is 12.7 Å². The molecule has 1 atom stereocenters. The summed E-state index contributed by atoms with van der Waals surface area (Å²) in [7, 11) is 0. The molecule has 1 heterocycles. The fourth-order valence-corrected chi connectivity index (χ4v) is 1.85. The smallest absolute Gasteiger partial charge is 0.260 e. The predicted molar refractivity (Wildman–Crippen MR) is 80.6 cm³/mol. The maximum absolute atomic E-state index is 12.8. The Morgan fingerprint density at radius 3 is 2.59 bits per heavy atom. The second-order valence-electron chi connectivity index (χ2n) is 5.02. The summed E-state index contributed by atoms with van der Waals surface area (Å²) in [5.74, 6) is -0.292. The van der Waals surface area contributed by atoms with E-state index >= 15 is 0 Å². The molecule has 0 bridgehead atoms. The number of amides is 1. The average molecular weight is 304 g/mol. The summed E-state index contributed by atoms with van der Waals surface area (Å²) >= 11 is 0. The second-order valence-corrected chi connectivity index (χ2v) is 5.02. The van der Waals surface area contributed by atoms with Crippen LogP contribution in [0.25, 0.3) is 0 Å². The molecule has 2 N–H and O–H groups in total. The summed E-state index contributed by atoms with van der Waals surface area (Å²) in [5.41, 5.74) is 0.317. The molecule has 0 saturated carbocycles. The minimum absolute atomic E-state index is 0.0548. The molecule has 1 unspecified atom stereocenters. The van der Waals surface area contributed by atoms with E-state index in [1.54, 1.807) is 19.9 Å². The molecule has 6 heteroatoms. The van der Waals surface area contributed by atoms with Crippen molar-refractivity contribution in [2.75, 3.05) is 6.61 Å². The molecule has 0 radical (unpaired) electrons. The van der Waals surface area contributed by atoms with Gasteiger partial charge in [0.05, 0.1) is 6.04 Å². The van der Waals surface area contributed by atoms with Crippen LogP contribution in [0.5, 0.6) is 5.75 Å². The highest BCUT2D eigenvalue weighted by molar-refractivity contribution is 5.93. The van der Waals surface area contributed by atoms with Crippen molar-refractivity contribution in [1.82, 2.24) is 10.3 Å². The lowest BCUT2D eigenvalue weighted by Crippen LogP contribution is -2.39. The number of nitrogens with one attached hydrogen (secondary N) is 2. The van der Waals surface area contributed by atoms with Crippen LogP contribution in [-0.4, -0.2) is 23.5 Å². The van der Waals surface area contributed by atoms with Gasteiger partial charge in [0.1, 0.15) is 23.7 Å². The molecule has 0 saturated heterocycles. The van der Waals surface area contributed by atoms with Crippen LogP contribution in [0.4, 0.5) is 4.39 Å². The number of aromatic nitrogens is 1. The molecule has 0 aliphatic heterocycles. The van der Waals surface area contributed by atoms with Gasteiger partial charge in [-0.15, -0.1) is 0 Å². The third-order valence-corrected chi connectivity index (χ3v) is 2.99. The summed E-state index contributed by atoms with van der Waals surface area (Å²) in [6, 6.07) is 8.45. The van der Waals surface area contributed by atoms with Gasteiger partial charge in [0.2, 0.25) is 0 Å². The van der Waals surface area contributed by atoms with Crippen molar-refractivity contribution in [1.29, 1.82) is 0 Å². The molecule has 1 aromatic carbocycles. The molecule has 22 heavy (non-hydrogen) atoms. The maximum Gasteiger partial charge on any atom is 0.260 e. The van der Waals surface area contributed by atoms with Gasteiger partial charge in [0.15, 0.2) is 0 Å². The summed E-state index contributed by atoms with van der Waals surface area (Å²) in [6.07, 6.45) is 0. The first-order valence-electron chi connectivity index (χ1n) is 6.85. The number of ether oxygens (including phenoxy) is 1. The Morgan fingerprint density at radius 2 is 1.95 bits per heavy atom.